The first-order valence-electron chi connectivity index (χ1n) is 6.18. The number of sulfonamides is 1. The topological polar surface area (TPSA) is 150 Å². The fourth-order valence-electron chi connectivity index (χ4n) is 1.86. The normalized spacial score (nSPS) is 11.3. The number of carbonyl (C=O) groups is 2. The van der Waals surface area contributed by atoms with Gasteiger partial charge in [-0.15, -0.1) is 21.1 Å². The van der Waals surface area contributed by atoms with Crippen LogP contribution in [0.5, 0.6) is 6.01 Å². The number of aromatic carboxylic acids is 1. The first-order chi connectivity index (χ1) is 11.1. The van der Waals surface area contributed by atoms with E-state index in [1.165, 1.54) is 21.1 Å². The van der Waals surface area contributed by atoms with Gasteiger partial charge in [0, 0.05) is 17.3 Å². The summed E-state index contributed by atoms with van der Waals surface area (Å²) in [4.78, 5) is 34.6. The van der Waals surface area contributed by atoms with Crippen LogP contribution in [0.4, 0.5) is 4.79 Å². The molecule has 0 aromatic carbocycles. The Kier molecular flexibility index (Phi) is 4.48. The number of nitrogens with zero attached hydrogens (tertiary/aromatic N) is 3. The molecule has 1 amide bonds. The molecule has 0 fully saturated rings. The minimum Gasteiger partial charge on any atom is -0.478 e. The zero-order valence-corrected chi connectivity index (χ0v) is 14.3. The standard InChI is InChI=1S/C11H12N4O7S2/c1-5-7(6(4-23-5)8(16)17)24(20,21)13-9(18)15-11(19)14(2)10(12-15)22-3/h4H,1-3H3,(H,13,18)(H,16,17). The van der Waals surface area contributed by atoms with Gasteiger partial charge < -0.3 is 9.84 Å². The highest BCUT2D eigenvalue weighted by molar-refractivity contribution is 7.90. The minimum absolute atomic E-state index is 0.179. The van der Waals surface area contributed by atoms with E-state index in [4.69, 9.17) is 9.84 Å². The van der Waals surface area contributed by atoms with Crippen LogP contribution in [0.1, 0.15) is 15.2 Å². The lowest BCUT2D eigenvalue weighted by molar-refractivity contribution is 0.0693. The molecule has 0 unspecified atom stereocenters. The van der Waals surface area contributed by atoms with Crippen molar-refractivity contribution in [2.75, 3.05) is 7.11 Å². The molecule has 2 rings (SSSR count). The Morgan fingerprint density at radius 1 is 1.42 bits per heavy atom. The van der Waals surface area contributed by atoms with Crippen LogP contribution in [0.15, 0.2) is 15.1 Å². The molecule has 2 aromatic heterocycles. The summed E-state index contributed by atoms with van der Waals surface area (Å²) in [5.41, 5.74) is -1.40. The summed E-state index contributed by atoms with van der Waals surface area (Å²) in [6.45, 7) is 1.39. The average Bonchev–Trinajstić information content (AvgIpc) is 3.01. The van der Waals surface area contributed by atoms with Gasteiger partial charge in [-0.3, -0.25) is 0 Å². The van der Waals surface area contributed by atoms with E-state index in [0.29, 0.717) is 0 Å². The van der Waals surface area contributed by atoms with Crippen molar-refractivity contribution in [1.82, 2.24) is 19.1 Å². The van der Waals surface area contributed by atoms with Gasteiger partial charge in [-0.2, -0.15) is 0 Å². The second kappa shape index (κ2) is 6.09. The summed E-state index contributed by atoms with van der Waals surface area (Å²) in [5.74, 6) is -1.45. The van der Waals surface area contributed by atoms with Crippen LogP contribution in [0, 0.1) is 6.92 Å². The van der Waals surface area contributed by atoms with Crippen molar-refractivity contribution in [3.8, 4) is 6.01 Å². The Bertz CT molecular complexity index is 983. The van der Waals surface area contributed by atoms with E-state index >= 15 is 0 Å². The number of carbonyl (C=O) groups excluding carboxylic acids is 1. The van der Waals surface area contributed by atoms with Crippen molar-refractivity contribution in [1.29, 1.82) is 0 Å². The summed E-state index contributed by atoms with van der Waals surface area (Å²) in [7, 11) is -2.02. The van der Waals surface area contributed by atoms with E-state index in [1.54, 1.807) is 4.72 Å². The van der Waals surface area contributed by atoms with Crippen molar-refractivity contribution in [2.45, 2.75) is 11.8 Å². The molecule has 0 radical (unpaired) electrons. The third kappa shape index (κ3) is 2.90. The number of aromatic nitrogens is 3. The number of hydrogen-bond donors (Lipinski definition) is 2. The van der Waals surface area contributed by atoms with E-state index in [9.17, 15) is 22.8 Å². The van der Waals surface area contributed by atoms with Gasteiger partial charge >= 0.3 is 23.7 Å². The number of ether oxygens (including phenoxy) is 1. The van der Waals surface area contributed by atoms with Gasteiger partial charge in [-0.1, -0.05) is 0 Å². The van der Waals surface area contributed by atoms with Gasteiger partial charge in [0.15, 0.2) is 0 Å². The number of thiophene rings is 1. The molecule has 0 saturated carbocycles. The molecule has 2 N–H and O–H groups in total. The highest BCUT2D eigenvalue weighted by Gasteiger charge is 2.30. The maximum atomic E-state index is 12.3. The second-order valence-electron chi connectivity index (χ2n) is 4.49. The molecular formula is C11H12N4O7S2. The van der Waals surface area contributed by atoms with Crippen LogP contribution < -0.4 is 15.1 Å². The van der Waals surface area contributed by atoms with Crippen LogP contribution in [-0.2, 0) is 17.1 Å². The molecule has 0 aliphatic carbocycles. The maximum absolute atomic E-state index is 12.3. The molecule has 13 heteroatoms. The van der Waals surface area contributed by atoms with E-state index in [-0.39, 0.29) is 15.6 Å². The highest BCUT2D eigenvalue weighted by atomic mass is 32.2. The first-order valence-corrected chi connectivity index (χ1v) is 8.55. The number of carboxylic acid groups (broad SMARTS) is 1. The van der Waals surface area contributed by atoms with Gasteiger partial charge in [0.2, 0.25) is 0 Å². The molecule has 0 spiro atoms. The fraction of sp³-hybridized carbons (Fsp3) is 0.273. The number of methoxy groups -OCH3 is 1. The maximum Gasteiger partial charge on any atom is 0.360 e. The predicted octanol–water partition coefficient (Wildman–Crippen LogP) is -0.395. The van der Waals surface area contributed by atoms with Crippen LogP contribution in [-0.4, -0.2) is 47.0 Å². The third-order valence-corrected chi connectivity index (χ3v) is 5.50. The largest absolute Gasteiger partial charge is 0.478 e. The van der Waals surface area contributed by atoms with E-state index in [0.717, 1.165) is 21.3 Å². The summed E-state index contributed by atoms with van der Waals surface area (Å²) in [5, 5.41) is 13.7. The molecular weight excluding hydrogens is 364 g/mol. The molecule has 130 valence electrons. The number of nitrogens with one attached hydrogen (secondary N) is 1. The molecule has 2 aromatic rings. The highest BCUT2D eigenvalue weighted by Crippen LogP contribution is 2.26. The summed E-state index contributed by atoms with van der Waals surface area (Å²) in [6.07, 6.45) is 0. The Labute approximate surface area is 139 Å². The Balaban J connectivity index is 2.44. The summed E-state index contributed by atoms with van der Waals surface area (Å²) >= 11 is 0.903. The third-order valence-electron chi connectivity index (χ3n) is 2.95. The predicted molar refractivity (Wildman–Crippen MR) is 81.2 cm³/mol. The number of carboxylic acids is 1. The van der Waals surface area contributed by atoms with Crippen molar-refractivity contribution < 1.29 is 27.9 Å². The molecule has 0 bridgehead atoms. The quantitative estimate of drug-likeness (QED) is 0.732. The van der Waals surface area contributed by atoms with Gasteiger partial charge in [0.05, 0.1) is 12.7 Å². The smallest absolute Gasteiger partial charge is 0.360 e. The molecule has 0 atom stereocenters. The molecule has 0 aliphatic heterocycles. The van der Waals surface area contributed by atoms with Crippen molar-refractivity contribution >= 4 is 33.4 Å². The number of hydrogen-bond acceptors (Lipinski definition) is 8. The van der Waals surface area contributed by atoms with E-state index in [2.05, 4.69) is 5.10 Å². The number of amides is 1. The Morgan fingerprint density at radius 3 is 2.54 bits per heavy atom. The Hall–Kier alpha value is -2.67. The Morgan fingerprint density at radius 2 is 2.04 bits per heavy atom. The summed E-state index contributed by atoms with van der Waals surface area (Å²) < 4.78 is 32.2. The first kappa shape index (κ1) is 17.7. The van der Waals surface area contributed by atoms with Crippen LogP contribution in [0.25, 0.3) is 0 Å². The van der Waals surface area contributed by atoms with Gasteiger partial charge in [0.1, 0.15) is 4.90 Å². The number of aryl methyl sites for hydroxylation is 1. The molecule has 0 saturated heterocycles. The zero-order valence-electron chi connectivity index (χ0n) is 12.6. The minimum atomic E-state index is -4.52. The van der Waals surface area contributed by atoms with Crippen molar-refractivity contribution in [3.63, 3.8) is 0 Å². The van der Waals surface area contributed by atoms with Crippen LogP contribution in [0.3, 0.4) is 0 Å². The van der Waals surface area contributed by atoms with E-state index < -0.39 is 38.2 Å². The lowest BCUT2D eigenvalue weighted by Gasteiger charge is -2.06. The molecule has 11 nitrogen and oxygen atoms in total. The van der Waals surface area contributed by atoms with Crippen LogP contribution in [0.2, 0.25) is 0 Å². The molecule has 0 aliphatic rings. The van der Waals surface area contributed by atoms with Gasteiger partial charge in [0.25, 0.3) is 10.0 Å². The van der Waals surface area contributed by atoms with Gasteiger partial charge in [-0.05, 0) is 6.92 Å². The molecule has 24 heavy (non-hydrogen) atoms. The summed E-state index contributed by atoms with van der Waals surface area (Å²) in [6, 6.07) is -1.56. The van der Waals surface area contributed by atoms with Crippen molar-refractivity contribution in [2.24, 2.45) is 7.05 Å². The van der Waals surface area contributed by atoms with Crippen molar-refractivity contribution in [3.05, 3.63) is 26.3 Å². The zero-order chi connectivity index (χ0) is 18.2. The van der Waals surface area contributed by atoms with E-state index in [1.807, 2.05) is 0 Å². The number of rotatable bonds is 4. The van der Waals surface area contributed by atoms with Gasteiger partial charge in [-0.25, -0.2) is 32.1 Å². The van der Waals surface area contributed by atoms with Crippen LogP contribution >= 0.6 is 11.3 Å². The lowest BCUT2D eigenvalue weighted by Crippen LogP contribution is -2.40. The second-order valence-corrected chi connectivity index (χ2v) is 7.19. The monoisotopic (exact) mass is 376 g/mol. The lowest BCUT2D eigenvalue weighted by atomic mass is 10.3. The fourth-order valence-corrected chi connectivity index (χ4v) is 4.38. The molecule has 2 heterocycles. The SMILES string of the molecule is COc1nn(C(=O)NS(=O)(=O)c2c(C(=O)O)csc2C)c(=O)n1C. The average molecular weight is 376 g/mol.